The summed E-state index contributed by atoms with van der Waals surface area (Å²) >= 11 is 14.3. The first-order valence-electron chi connectivity index (χ1n) is 11.0. The molecule has 35 heavy (non-hydrogen) atoms. The Morgan fingerprint density at radius 2 is 1.97 bits per heavy atom. The summed E-state index contributed by atoms with van der Waals surface area (Å²) in [6.07, 6.45) is 6.08. The van der Waals surface area contributed by atoms with Gasteiger partial charge in [-0.3, -0.25) is 9.69 Å². The molecule has 0 radical (unpaired) electrons. The van der Waals surface area contributed by atoms with Crippen molar-refractivity contribution >= 4 is 55.8 Å². The molecule has 0 saturated carbocycles. The lowest BCUT2D eigenvalue weighted by atomic mass is 10.1. The second-order valence-electron chi connectivity index (χ2n) is 8.09. The number of imidazole rings is 1. The Morgan fingerprint density at radius 1 is 1.14 bits per heavy atom. The standard InChI is InChI=1S/C25H21Cl2N5O2S/c1-15-8-9-19(27)23-21(15)29-25(35-23)32(12-5-11-31-13-10-28-14-31)24(33)20-16(2)34-30-22(20)17-6-3-4-7-18(17)26/h3-4,6-10,13-14H,5,11-12H2,1-2H3. The first-order chi connectivity index (χ1) is 16.9. The zero-order valence-corrected chi connectivity index (χ0v) is 21.4. The number of benzene rings is 2. The molecule has 0 unspecified atom stereocenters. The van der Waals surface area contributed by atoms with Gasteiger partial charge in [-0.15, -0.1) is 0 Å². The number of rotatable bonds is 7. The Balaban J connectivity index is 1.57. The van der Waals surface area contributed by atoms with Gasteiger partial charge in [-0.1, -0.05) is 64.0 Å². The molecule has 7 nitrogen and oxygen atoms in total. The number of fused-ring (bicyclic) bond motifs is 1. The second-order valence-corrected chi connectivity index (χ2v) is 9.88. The zero-order valence-electron chi connectivity index (χ0n) is 19.0. The molecule has 0 fully saturated rings. The minimum absolute atomic E-state index is 0.253. The molecule has 5 aromatic rings. The van der Waals surface area contributed by atoms with Crippen molar-refractivity contribution in [2.24, 2.45) is 0 Å². The average molecular weight is 526 g/mol. The van der Waals surface area contributed by atoms with Crippen LogP contribution in [-0.4, -0.2) is 32.1 Å². The van der Waals surface area contributed by atoms with Crippen molar-refractivity contribution < 1.29 is 9.32 Å². The Hall–Kier alpha value is -3.20. The summed E-state index contributed by atoms with van der Waals surface area (Å²) in [6.45, 7) is 4.84. The number of hydrogen-bond donors (Lipinski definition) is 0. The number of halogens is 2. The largest absolute Gasteiger partial charge is 0.360 e. The van der Waals surface area contributed by atoms with Crippen LogP contribution in [0.25, 0.3) is 21.5 Å². The Labute approximate surface area is 215 Å². The van der Waals surface area contributed by atoms with Crippen LogP contribution >= 0.6 is 34.5 Å². The van der Waals surface area contributed by atoms with Crippen LogP contribution in [0.2, 0.25) is 10.0 Å². The number of aromatic nitrogens is 4. The second kappa shape index (κ2) is 9.81. The number of thiazole rings is 1. The van der Waals surface area contributed by atoms with E-state index in [4.69, 9.17) is 32.7 Å². The molecule has 3 heterocycles. The Bertz CT molecular complexity index is 1470. The fourth-order valence-corrected chi connectivity index (χ4v) is 5.48. The van der Waals surface area contributed by atoms with Gasteiger partial charge >= 0.3 is 0 Å². The number of carbonyl (C=O) groups excluding carboxylic acids is 1. The summed E-state index contributed by atoms with van der Waals surface area (Å²) in [4.78, 5) is 24.7. The van der Waals surface area contributed by atoms with Gasteiger partial charge in [-0.05, 0) is 38.0 Å². The van der Waals surface area contributed by atoms with Crippen molar-refractivity contribution in [2.75, 3.05) is 11.4 Å². The highest BCUT2D eigenvalue weighted by atomic mass is 35.5. The normalized spacial score (nSPS) is 11.3. The average Bonchev–Trinajstić information content (AvgIpc) is 3.60. The highest BCUT2D eigenvalue weighted by molar-refractivity contribution is 7.23. The SMILES string of the molecule is Cc1onc(-c2ccccc2Cl)c1C(=O)N(CCCn1ccnc1)c1nc2c(C)ccc(Cl)c2s1. The molecule has 0 N–H and O–H groups in total. The predicted molar refractivity (Wildman–Crippen MR) is 140 cm³/mol. The fraction of sp³-hybridized carbons (Fsp3) is 0.200. The lowest BCUT2D eigenvalue weighted by molar-refractivity contribution is 0.0985. The van der Waals surface area contributed by atoms with Crippen LogP contribution in [0.15, 0.2) is 59.6 Å². The van der Waals surface area contributed by atoms with Gasteiger partial charge in [0.2, 0.25) is 0 Å². The van der Waals surface area contributed by atoms with Crippen LogP contribution in [0.3, 0.4) is 0 Å². The third kappa shape index (κ3) is 4.57. The number of nitrogens with zero attached hydrogens (tertiary/aromatic N) is 5. The summed E-state index contributed by atoms with van der Waals surface area (Å²) in [7, 11) is 0. The van der Waals surface area contributed by atoms with Gasteiger partial charge in [0.25, 0.3) is 5.91 Å². The van der Waals surface area contributed by atoms with Crippen molar-refractivity contribution in [3.05, 3.63) is 82.1 Å². The molecule has 1 amide bonds. The van der Waals surface area contributed by atoms with Gasteiger partial charge in [-0.25, -0.2) is 9.97 Å². The molecule has 178 valence electrons. The molecule has 0 aliphatic heterocycles. The number of amides is 1. The lowest BCUT2D eigenvalue weighted by Gasteiger charge is -2.20. The van der Waals surface area contributed by atoms with Crippen molar-refractivity contribution in [3.63, 3.8) is 0 Å². The van der Waals surface area contributed by atoms with Crippen LogP contribution in [0.4, 0.5) is 5.13 Å². The summed E-state index contributed by atoms with van der Waals surface area (Å²) in [6, 6.07) is 11.0. The van der Waals surface area contributed by atoms with Gasteiger partial charge in [0.15, 0.2) is 5.13 Å². The van der Waals surface area contributed by atoms with Gasteiger partial charge in [0.1, 0.15) is 17.0 Å². The monoisotopic (exact) mass is 525 g/mol. The summed E-state index contributed by atoms with van der Waals surface area (Å²) in [5.74, 6) is 0.164. The third-order valence-electron chi connectivity index (χ3n) is 5.72. The molecule has 0 aliphatic carbocycles. The maximum Gasteiger partial charge on any atom is 0.265 e. The smallest absolute Gasteiger partial charge is 0.265 e. The topological polar surface area (TPSA) is 77.0 Å². The van der Waals surface area contributed by atoms with Gasteiger partial charge in [0.05, 0.1) is 26.6 Å². The van der Waals surface area contributed by atoms with E-state index in [0.717, 1.165) is 15.8 Å². The van der Waals surface area contributed by atoms with E-state index >= 15 is 0 Å². The van der Waals surface area contributed by atoms with Crippen LogP contribution in [0.1, 0.15) is 28.1 Å². The molecule has 0 saturated heterocycles. The molecular formula is C25H21Cl2N5O2S. The number of hydrogen-bond acceptors (Lipinski definition) is 6. The summed E-state index contributed by atoms with van der Waals surface area (Å²) < 4.78 is 8.29. The zero-order chi connectivity index (χ0) is 24.5. The summed E-state index contributed by atoms with van der Waals surface area (Å²) in [5, 5.41) is 5.84. The molecule has 3 aromatic heterocycles. The molecule has 0 aliphatic rings. The molecule has 0 spiro atoms. The van der Waals surface area contributed by atoms with Crippen molar-refractivity contribution in [1.29, 1.82) is 0 Å². The molecule has 0 atom stereocenters. The Morgan fingerprint density at radius 3 is 2.71 bits per heavy atom. The molecular weight excluding hydrogens is 505 g/mol. The van der Waals surface area contributed by atoms with Gasteiger partial charge in [0, 0.05) is 31.0 Å². The quantitative estimate of drug-likeness (QED) is 0.233. The highest BCUT2D eigenvalue weighted by Gasteiger charge is 2.30. The third-order valence-corrected chi connectivity index (χ3v) is 7.59. The van der Waals surface area contributed by atoms with E-state index in [1.807, 2.05) is 48.0 Å². The molecule has 10 heteroatoms. The first kappa shape index (κ1) is 23.5. The van der Waals surface area contributed by atoms with E-state index in [-0.39, 0.29) is 5.91 Å². The molecule has 0 bridgehead atoms. The Kier molecular flexibility index (Phi) is 6.60. The van der Waals surface area contributed by atoms with E-state index in [1.54, 1.807) is 30.4 Å². The maximum atomic E-state index is 14.1. The van der Waals surface area contributed by atoms with Crippen LogP contribution in [-0.2, 0) is 6.54 Å². The van der Waals surface area contributed by atoms with Crippen molar-refractivity contribution in [1.82, 2.24) is 19.7 Å². The lowest BCUT2D eigenvalue weighted by Crippen LogP contribution is -2.33. The van der Waals surface area contributed by atoms with E-state index in [9.17, 15) is 4.79 Å². The molecule has 2 aromatic carbocycles. The minimum atomic E-state index is -0.253. The number of aryl methyl sites for hydroxylation is 3. The minimum Gasteiger partial charge on any atom is -0.360 e. The van der Waals surface area contributed by atoms with Crippen LogP contribution < -0.4 is 4.90 Å². The van der Waals surface area contributed by atoms with E-state index in [1.165, 1.54) is 11.3 Å². The summed E-state index contributed by atoms with van der Waals surface area (Å²) in [5.41, 5.74) is 3.20. The van der Waals surface area contributed by atoms with Crippen LogP contribution in [0, 0.1) is 13.8 Å². The van der Waals surface area contributed by atoms with Gasteiger partial charge < -0.3 is 9.09 Å². The fourth-order valence-electron chi connectivity index (χ4n) is 3.92. The van der Waals surface area contributed by atoms with Crippen molar-refractivity contribution in [2.45, 2.75) is 26.8 Å². The maximum absolute atomic E-state index is 14.1. The number of anilines is 1. The number of carbonyl (C=O) groups is 1. The van der Waals surface area contributed by atoms with Crippen LogP contribution in [0.5, 0.6) is 0 Å². The van der Waals surface area contributed by atoms with E-state index < -0.39 is 0 Å². The molecule has 5 rings (SSSR count). The first-order valence-corrected chi connectivity index (χ1v) is 12.6. The van der Waals surface area contributed by atoms with E-state index in [2.05, 4.69) is 10.1 Å². The van der Waals surface area contributed by atoms with Gasteiger partial charge in [-0.2, -0.15) is 0 Å². The van der Waals surface area contributed by atoms with E-state index in [0.29, 0.717) is 57.3 Å². The predicted octanol–water partition coefficient (Wildman–Crippen LogP) is 6.81. The van der Waals surface area contributed by atoms with Crippen molar-refractivity contribution in [3.8, 4) is 11.3 Å². The highest BCUT2D eigenvalue weighted by Crippen LogP contribution is 2.38.